The van der Waals surface area contributed by atoms with E-state index < -0.39 is 5.97 Å². The number of carbonyl (C=O) groups excluding carboxylic acids is 1. The van der Waals surface area contributed by atoms with Gasteiger partial charge in [-0.05, 0) is 32.4 Å². The Labute approximate surface area is 117 Å². The van der Waals surface area contributed by atoms with Crippen LogP contribution in [0.5, 0.6) is 0 Å². The Morgan fingerprint density at radius 2 is 2.10 bits per heavy atom. The molecule has 1 rings (SSSR count). The van der Waals surface area contributed by atoms with Crippen LogP contribution < -0.4 is 5.32 Å². The van der Waals surface area contributed by atoms with Crippen LogP contribution in [0.1, 0.15) is 26.0 Å². The summed E-state index contributed by atoms with van der Waals surface area (Å²) in [6.07, 6.45) is 2.23. The van der Waals surface area contributed by atoms with Crippen molar-refractivity contribution in [2.75, 3.05) is 13.2 Å². The molecule has 0 radical (unpaired) electrons. The van der Waals surface area contributed by atoms with E-state index >= 15 is 0 Å². The topological polar surface area (TPSA) is 88.8 Å². The lowest BCUT2D eigenvalue weighted by atomic mass is 10.1. The first kappa shape index (κ1) is 16.0. The predicted molar refractivity (Wildman–Crippen MR) is 72.0 cm³/mol. The second kappa shape index (κ2) is 8.16. The van der Waals surface area contributed by atoms with E-state index in [-0.39, 0.29) is 17.1 Å². The van der Waals surface area contributed by atoms with Gasteiger partial charge in [0.1, 0.15) is 12.4 Å². The zero-order valence-corrected chi connectivity index (χ0v) is 11.6. The molecule has 0 unspecified atom stereocenters. The highest BCUT2D eigenvalue weighted by Gasteiger charge is 2.11. The maximum atomic E-state index is 11.6. The predicted octanol–water partition coefficient (Wildman–Crippen LogP) is 1.72. The molecule has 1 aromatic rings. The average Bonchev–Trinajstić information content (AvgIpc) is 2.93. The molecule has 0 spiro atoms. The third-order valence-corrected chi connectivity index (χ3v) is 2.80. The molecule has 0 fully saturated rings. The van der Waals surface area contributed by atoms with Gasteiger partial charge >= 0.3 is 5.97 Å². The van der Waals surface area contributed by atoms with E-state index in [9.17, 15) is 9.59 Å². The standard InChI is InChI=1S/C14H19NO5/c1-10(11(2)14(17)18)13(16)15-6-4-7-19-9-12-5-3-8-20-12/h3,5,8H,4,6-7,9H2,1-2H3,(H,15,16)(H,17,18). The van der Waals surface area contributed by atoms with Gasteiger partial charge in [0.25, 0.3) is 0 Å². The number of rotatable bonds is 8. The third kappa shape index (κ3) is 5.27. The minimum Gasteiger partial charge on any atom is -0.478 e. The molecule has 0 atom stereocenters. The third-order valence-electron chi connectivity index (χ3n) is 2.80. The second-order valence-electron chi connectivity index (χ2n) is 4.30. The van der Waals surface area contributed by atoms with E-state index in [0.29, 0.717) is 26.2 Å². The van der Waals surface area contributed by atoms with E-state index in [0.717, 1.165) is 5.76 Å². The molecule has 0 saturated carbocycles. The summed E-state index contributed by atoms with van der Waals surface area (Å²) in [4.78, 5) is 22.3. The highest BCUT2D eigenvalue weighted by atomic mass is 16.5. The van der Waals surface area contributed by atoms with Crippen molar-refractivity contribution < 1.29 is 23.8 Å². The molecule has 1 heterocycles. The number of ether oxygens (including phenoxy) is 1. The molecule has 6 heteroatoms. The van der Waals surface area contributed by atoms with Gasteiger partial charge in [0.2, 0.25) is 5.91 Å². The number of furan rings is 1. The molecule has 1 amide bonds. The summed E-state index contributed by atoms with van der Waals surface area (Å²) in [6.45, 7) is 4.22. The fourth-order valence-electron chi connectivity index (χ4n) is 1.41. The summed E-state index contributed by atoms with van der Waals surface area (Å²) < 4.78 is 10.5. The van der Waals surface area contributed by atoms with Crippen LogP contribution in [-0.2, 0) is 20.9 Å². The molecule has 6 nitrogen and oxygen atoms in total. The number of hydrogen-bond donors (Lipinski definition) is 2. The van der Waals surface area contributed by atoms with Crippen LogP contribution in [0, 0.1) is 0 Å². The molecule has 0 saturated heterocycles. The SMILES string of the molecule is CC(C(=O)O)=C(C)C(=O)NCCCOCc1ccco1. The first-order chi connectivity index (χ1) is 9.52. The Morgan fingerprint density at radius 3 is 2.70 bits per heavy atom. The van der Waals surface area contributed by atoms with Gasteiger partial charge in [-0.1, -0.05) is 0 Å². The van der Waals surface area contributed by atoms with Crippen molar-refractivity contribution in [3.05, 3.63) is 35.3 Å². The number of carboxylic acid groups (broad SMARTS) is 1. The van der Waals surface area contributed by atoms with Crippen molar-refractivity contribution in [3.8, 4) is 0 Å². The van der Waals surface area contributed by atoms with E-state index in [4.69, 9.17) is 14.3 Å². The van der Waals surface area contributed by atoms with Crippen LogP contribution in [0.3, 0.4) is 0 Å². The lowest BCUT2D eigenvalue weighted by Gasteiger charge is -2.07. The maximum absolute atomic E-state index is 11.6. The van der Waals surface area contributed by atoms with E-state index in [1.165, 1.54) is 13.8 Å². The Morgan fingerprint density at radius 1 is 1.35 bits per heavy atom. The number of carboxylic acids is 1. The minimum atomic E-state index is -1.08. The van der Waals surface area contributed by atoms with Gasteiger partial charge in [0.15, 0.2) is 0 Å². The van der Waals surface area contributed by atoms with E-state index in [2.05, 4.69) is 5.32 Å². The van der Waals surface area contributed by atoms with Gasteiger partial charge in [-0.15, -0.1) is 0 Å². The van der Waals surface area contributed by atoms with Gasteiger partial charge in [-0.2, -0.15) is 0 Å². The molecular weight excluding hydrogens is 262 g/mol. The van der Waals surface area contributed by atoms with Crippen molar-refractivity contribution in [1.82, 2.24) is 5.32 Å². The highest BCUT2D eigenvalue weighted by Crippen LogP contribution is 2.04. The zero-order chi connectivity index (χ0) is 15.0. The first-order valence-electron chi connectivity index (χ1n) is 6.31. The molecule has 0 aromatic carbocycles. The Hall–Kier alpha value is -2.08. The smallest absolute Gasteiger partial charge is 0.331 e. The van der Waals surface area contributed by atoms with Crippen LogP contribution in [0.25, 0.3) is 0 Å². The highest BCUT2D eigenvalue weighted by molar-refractivity contribution is 6.01. The van der Waals surface area contributed by atoms with Crippen LogP contribution in [0.4, 0.5) is 0 Å². The van der Waals surface area contributed by atoms with Gasteiger partial charge in [0.05, 0.1) is 6.26 Å². The first-order valence-corrected chi connectivity index (χ1v) is 6.31. The number of carbonyl (C=O) groups is 2. The van der Waals surface area contributed by atoms with Gasteiger partial charge in [-0.25, -0.2) is 4.79 Å². The summed E-state index contributed by atoms with van der Waals surface area (Å²) in [5.41, 5.74) is 0.269. The fourth-order valence-corrected chi connectivity index (χ4v) is 1.41. The lowest BCUT2D eigenvalue weighted by molar-refractivity contribution is -0.133. The molecule has 0 aliphatic carbocycles. The van der Waals surface area contributed by atoms with Gasteiger partial charge < -0.3 is 19.6 Å². The molecular formula is C14H19NO5. The summed E-state index contributed by atoms with van der Waals surface area (Å²) in [5.74, 6) is -0.694. The quantitative estimate of drug-likeness (QED) is 0.559. The van der Waals surface area contributed by atoms with Crippen LogP contribution >= 0.6 is 0 Å². The Kier molecular flexibility index (Phi) is 6.52. The molecule has 1 aromatic heterocycles. The summed E-state index contributed by atoms with van der Waals surface area (Å²) in [6, 6.07) is 3.61. The number of aliphatic carboxylic acids is 1. The van der Waals surface area contributed by atoms with Crippen LogP contribution in [-0.4, -0.2) is 30.1 Å². The van der Waals surface area contributed by atoms with Crippen molar-refractivity contribution in [1.29, 1.82) is 0 Å². The van der Waals surface area contributed by atoms with Gasteiger partial charge in [0, 0.05) is 24.3 Å². The van der Waals surface area contributed by atoms with Gasteiger partial charge in [-0.3, -0.25) is 4.79 Å². The van der Waals surface area contributed by atoms with Crippen molar-refractivity contribution in [2.24, 2.45) is 0 Å². The average molecular weight is 281 g/mol. The van der Waals surface area contributed by atoms with E-state index in [1.807, 2.05) is 6.07 Å². The molecule has 20 heavy (non-hydrogen) atoms. The Balaban J connectivity index is 2.16. The molecule has 2 N–H and O–H groups in total. The molecule has 0 bridgehead atoms. The second-order valence-corrected chi connectivity index (χ2v) is 4.30. The number of nitrogens with one attached hydrogen (secondary N) is 1. The summed E-state index contributed by atoms with van der Waals surface area (Å²) in [5, 5.41) is 11.4. The van der Waals surface area contributed by atoms with E-state index in [1.54, 1.807) is 12.3 Å². The van der Waals surface area contributed by atoms with Crippen molar-refractivity contribution in [2.45, 2.75) is 26.9 Å². The molecule has 0 aliphatic rings. The van der Waals surface area contributed by atoms with Crippen LogP contribution in [0.15, 0.2) is 34.0 Å². The Bertz CT molecular complexity index is 476. The normalized spacial score (nSPS) is 11.9. The molecule has 0 aliphatic heterocycles. The monoisotopic (exact) mass is 281 g/mol. The minimum absolute atomic E-state index is 0.0524. The van der Waals surface area contributed by atoms with Crippen molar-refractivity contribution >= 4 is 11.9 Å². The largest absolute Gasteiger partial charge is 0.478 e. The number of hydrogen-bond acceptors (Lipinski definition) is 4. The molecule has 110 valence electrons. The zero-order valence-electron chi connectivity index (χ0n) is 11.6. The maximum Gasteiger partial charge on any atom is 0.331 e. The summed E-state index contributed by atoms with van der Waals surface area (Å²) >= 11 is 0. The summed E-state index contributed by atoms with van der Waals surface area (Å²) in [7, 11) is 0. The lowest BCUT2D eigenvalue weighted by Crippen LogP contribution is -2.27. The number of amides is 1. The van der Waals surface area contributed by atoms with Crippen LogP contribution in [0.2, 0.25) is 0 Å². The fraction of sp³-hybridized carbons (Fsp3) is 0.429. The van der Waals surface area contributed by atoms with Crippen molar-refractivity contribution in [3.63, 3.8) is 0 Å².